The van der Waals surface area contributed by atoms with Gasteiger partial charge >= 0.3 is 12.1 Å². The highest BCUT2D eigenvalue weighted by Gasteiger charge is 2.14. The molecule has 0 radical (unpaired) electrons. The van der Waals surface area contributed by atoms with Crippen LogP contribution in [0.4, 0.5) is 4.79 Å². The highest BCUT2D eigenvalue weighted by atomic mass is 35.5. The Labute approximate surface area is 85.1 Å². The topological polar surface area (TPSA) is 63.6 Å². The van der Waals surface area contributed by atoms with Crippen LogP contribution >= 0.6 is 11.6 Å². The summed E-state index contributed by atoms with van der Waals surface area (Å²) in [4.78, 5) is 21.3. The van der Waals surface area contributed by atoms with Gasteiger partial charge in [-0.1, -0.05) is 18.2 Å². The number of esters is 1. The number of benzene rings is 1. The molecule has 0 aliphatic rings. The number of carbonyl (C=O) groups is 2. The fraction of sp³-hybridized carbons (Fsp3) is 0.111. The van der Waals surface area contributed by atoms with E-state index in [-0.39, 0.29) is 11.4 Å². The fourth-order valence-corrected chi connectivity index (χ4v) is 1.20. The smallest absolute Gasteiger partial charge is 0.449 e. The van der Waals surface area contributed by atoms with Crippen LogP contribution in [0.1, 0.15) is 15.9 Å². The first-order valence-corrected chi connectivity index (χ1v) is 4.27. The van der Waals surface area contributed by atoms with Gasteiger partial charge in [0.1, 0.15) is 0 Å². The van der Waals surface area contributed by atoms with Crippen molar-refractivity contribution in [2.45, 2.75) is 5.88 Å². The van der Waals surface area contributed by atoms with E-state index in [0.717, 1.165) is 0 Å². The minimum atomic E-state index is -1.63. The number of rotatable bonds is 2. The van der Waals surface area contributed by atoms with Gasteiger partial charge in [0.05, 0.1) is 5.56 Å². The van der Waals surface area contributed by atoms with E-state index in [1.165, 1.54) is 6.07 Å². The maximum absolute atomic E-state index is 11.2. The third-order valence-corrected chi connectivity index (χ3v) is 1.85. The molecule has 0 unspecified atom stereocenters. The van der Waals surface area contributed by atoms with Crippen LogP contribution < -0.4 is 0 Å². The summed E-state index contributed by atoms with van der Waals surface area (Å²) >= 11 is 5.56. The lowest BCUT2D eigenvalue weighted by Gasteiger charge is -2.03. The Bertz CT molecular complexity index is 362. The number of carbonyl (C=O) groups excluding carboxylic acids is 1. The van der Waals surface area contributed by atoms with Crippen molar-refractivity contribution in [3.63, 3.8) is 0 Å². The van der Waals surface area contributed by atoms with Gasteiger partial charge in [0.25, 0.3) is 0 Å². The zero-order chi connectivity index (χ0) is 10.6. The molecule has 0 bridgehead atoms. The van der Waals surface area contributed by atoms with Crippen molar-refractivity contribution < 1.29 is 19.4 Å². The van der Waals surface area contributed by atoms with Crippen molar-refractivity contribution in [1.29, 1.82) is 0 Å². The van der Waals surface area contributed by atoms with Gasteiger partial charge in [-0.05, 0) is 11.6 Å². The molecule has 14 heavy (non-hydrogen) atoms. The minimum Gasteiger partial charge on any atom is -0.449 e. The Morgan fingerprint density at radius 2 is 2.00 bits per heavy atom. The second kappa shape index (κ2) is 4.62. The van der Waals surface area contributed by atoms with Crippen molar-refractivity contribution in [2.75, 3.05) is 0 Å². The number of carboxylic acid groups (broad SMARTS) is 1. The molecule has 0 heterocycles. The van der Waals surface area contributed by atoms with E-state index < -0.39 is 12.1 Å². The van der Waals surface area contributed by atoms with Crippen LogP contribution in [0.15, 0.2) is 24.3 Å². The van der Waals surface area contributed by atoms with Crippen molar-refractivity contribution in [3.05, 3.63) is 35.4 Å². The molecule has 0 aliphatic carbocycles. The molecular weight excluding hydrogens is 208 g/mol. The standard InChI is InChI=1S/C9H7ClO4/c10-5-6-3-1-2-4-7(6)8(11)14-9(12)13/h1-4H,5H2,(H,12,13). The normalized spacial score (nSPS) is 9.50. The summed E-state index contributed by atoms with van der Waals surface area (Å²) in [6.45, 7) is 0. The van der Waals surface area contributed by atoms with Crippen LogP contribution in [0.3, 0.4) is 0 Å². The van der Waals surface area contributed by atoms with E-state index in [2.05, 4.69) is 4.74 Å². The average molecular weight is 215 g/mol. The Balaban J connectivity index is 2.94. The van der Waals surface area contributed by atoms with Gasteiger partial charge in [0, 0.05) is 5.88 Å². The van der Waals surface area contributed by atoms with Crippen LogP contribution in [0.25, 0.3) is 0 Å². The van der Waals surface area contributed by atoms with Gasteiger partial charge < -0.3 is 9.84 Å². The number of ether oxygens (including phenoxy) is 1. The third kappa shape index (κ3) is 2.47. The van der Waals surface area contributed by atoms with Crippen LogP contribution in [-0.2, 0) is 10.6 Å². The van der Waals surface area contributed by atoms with Gasteiger partial charge in [-0.3, -0.25) is 0 Å². The van der Waals surface area contributed by atoms with Crippen LogP contribution in [0.5, 0.6) is 0 Å². The molecule has 0 aromatic heterocycles. The second-order valence-corrected chi connectivity index (χ2v) is 2.71. The molecule has 0 fully saturated rings. The fourth-order valence-electron chi connectivity index (χ4n) is 0.970. The highest BCUT2D eigenvalue weighted by Crippen LogP contribution is 2.12. The van der Waals surface area contributed by atoms with Crippen LogP contribution in [0, 0.1) is 0 Å². The van der Waals surface area contributed by atoms with Crippen molar-refractivity contribution >= 4 is 23.7 Å². The summed E-state index contributed by atoms with van der Waals surface area (Å²) < 4.78 is 4.00. The molecule has 0 aliphatic heterocycles. The van der Waals surface area contributed by atoms with E-state index in [1.54, 1.807) is 18.2 Å². The first-order chi connectivity index (χ1) is 6.65. The summed E-state index contributed by atoms with van der Waals surface area (Å²) in [5, 5.41) is 8.23. The van der Waals surface area contributed by atoms with Gasteiger partial charge in [-0.15, -0.1) is 11.6 Å². The molecule has 0 saturated heterocycles. The Kier molecular flexibility index (Phi) is 3.48. The van der Waals surface area contributed by atoms with Gasteiger partial charge in [-0.2, -0.15) is 0 Å². The lowest BCUT2D eigenvalue weighted by atomic mass is 10.1. The number of hydrogen-bond acceptors (Lipinski definition) is 3. The van der Waals surface area contributed by atoms with Crippen molar-refractivity contribution in [1.82, 2.24) is 0 Å². The van der Waals surface area contributed by atoms with Crippen LogP contribution in [-0.4, -0.2) is 17.2 Å². The minimum absolute atomic E-state index is 0.130. The zero-order valence-electron chi connectivity index (χ0n) is 7.07. The SMILES string of the molecule is O=C(O)OC(=O)c1ccccc1CCl. The quantitative estimate of drug-likeness (QED) is 0.466. The van der Waals surface area contributed by atoms with E-state index >= 15 is 0 Å². The Morgan fingerprint density at radius 3 is 2.57 bits per heavy atom. The summed E-state index contributed by atoms with van der Waals surface area (Å²) in [5.41, 5.74) is 0.713. The summed E-state index contributed by atoms with van der Waals surface area (Å²) in [5.74, 6) is -0.779. The first-order valence-electron chi connectivity index (χ1n) is 3.74. The van der Waals surface area contributed by atoms with Gasteiger partial charge in [-0.25, -0.2) is 9.59 Å². The molecule has 0 amide bonds. The highest BCUT2D eigenvalue weighted by molar-refractivity contribution is 6.17. The van der Waals surface area contributed by atoms with Gasteiger partial charge in [0.15, 0.2) is 0 Å². The maximum Gasteiger partial charge on any atom is 0.513 e. The molecule has 0 atom stereocenters. The third-order valence-electron chi connectivity index (χ3n) is 1.56. The molecule has 1 rings (SSSR count). The predicted molar refractivity (Wildman–Crippen MR) is 49.4 cm³/mol. The number of alkyl halides is 1. The van der Waals surface area contributed by atoms with Crippen molar-refractivity contribution in [2.24, 2.45) is 0 Å². The summed E-state index contributed by atoms with van der Waals surface area (Å²) in [7, 11) is 0. The van der Waals surface area contributed by atoms with E-state index in [1.807, 2.05) is 0 Å². The molecule has 1 aromatic rings. The molecule has 1 N–H and O–H groups in total. The Hall–Kier alpha value is -1.55. The molecule has 74 valence electrons. The summed E-state index contributed by atoms with van der Waals surface area (Å²) in [6.07, 6.45) is -1.63. The monoisotopic (exact) mass is 214 g/mol. The second-order valence-electron chi connectivity index (χ2n) is 2.45. The predicted octanol–water partition coefficient (Wildman–Crippen LogP) is 2.26. The number of halogens is 1. The van der Waals surface area contributed by atoms with E-state index in [4.69, 9.17) is 16.7 Å². The molecule has 0 saturated carbocycles. The van der Waals surface area contributed by atoms with Crippen LogP contribution in [0.2, 0.25) is 0 Å². The van der Waals surface area contributed by atoms with Crippen molar-refractivity contribution in [3.8, 4) is 0 Å². The zero-order valence-corrected chi connectivity index (χ0v) is 7.82. The first kappa shape index (κ1) is 10.5. The van der Waals surface area contributed by atoms with E-state index in [0.29, 0.717) is 5.56 Å². The lowest BCUT2D eigenvalue weighted by Crippen LogP contribution is -2.11. The maximum atomic E-state index is 11.2. The molecule has 5 heteroatoms. The summed E-state index contributed by atoms with van der Waals surface area (Å²) in [6, 6.07) is 6.40. The molecule has 1 aromatic carbocycles. The molecular formula is C9H7ClO4. The largest absolute Gasteiger partial charge is 0.513 e. The Morgan fingerprint density at radius 1 is 1.36 bits per heavy atom. The average Bonchev–Trinajstić information content (AvgIpc) is 2.16. The molecule has 4 nitrogen and oxygen atoms in total. The molecule has 0 spiro atoms. The lowest BCUT2D eigenvalue weighted by molar-refractivity contribution is 0.0508. The number of hydrogen-bond donors (Lipinski definition) is 1. The van der Waals surface area contributed by atoms with Gasteiger partial charge in [0.2, 0.25) is 0 Å². The van der Waals surface area contributed by atoms with E-state index in [9.17, 15) is 9.59 Å².